The van der Waals surface area contributed by atoms with Crippen LogP contribution in [0.1, 0.15) is 11.6 Å². The maximum atomic E-state index is 12.6. The molecule has 0 bridgehead atoms. The number of benzene rings is 1. The zero-order chi connectivity index (χ0) is 11.1. The van der Waals surface area contributed by atoms with Crippen molar-refractivity contribution in [3.63, 3.8) is 0 Å². The van der Waals surface area contributed by atoms with Gasteiger partial charge in [-0.25, -0.2) is 4.39 Å². The third kappa shape index (κ3) is 2.33. The highest BCUT2D eigenvalue weighted by Crippen LogP contribution is 2.41. The van der Waals surface area contributed by atoms with Crippen LogP contribution in [0.2, 0.25) is 0 Å². The van der Waals surface area contributed by atoms with E-state index >= 15 is 0 Å². The average Bonchev–Trinajstić information content (AvgIpc) is 2.49. The molecule has 0 amide bonds. The summed E-state index contributed by atoms with van der Waals surface area (Å²) >= 11 is 0. The molecule has 7 heteroatoms. The van der Waals surface area contributed by atoms with Crippen molar-refractivity contribution in [3.05, 3.63) is 23.8 Å². The Kier molecular flexibility index (Phi) is 3.54. The lowest BCUT2D eigenvalue weighted by molar-refractivity contribution is -0.286. The molecule has 1 aliphatic heterocycles. The van der Waals surface area contributed by atoms with Gasteiger partial charge in [-0.3, -0.25) is 0 Å². The van der Waals surface area contributed by atoms with Crippen LogP contribution in [0.4, 0.5) is 13.2 Å². The number of ether oxygens (including phenoxy) is 2. The molecular formula is C9H9ClF3NO2. The number of rotatable bonds is 2. The molecule has 1 atom stereocenters. The number of hydrogen-bond donors (Lipinski definition) is 1. The second kappa shape index (κ2) is 4.39. The molecule has 0 unspecified atom stereocenters. The van der Waals surface area contributed by atoms with E-state index in [0.29, 0.717) is 5.56 Å². The summed E-state index contributed by atoms with van der Waals surface area (Å²) in [6, 6.07) is 3.11. The molecule has 3 nitrogen and oxygen atoms in total. The Balaban J connectivity index is 0.00000128. The van der Waals surface area contributed by atoms with Crippen LogP contribution in [-0.4, -0.2) is 13.0 Å². The van der Waals surface area contributed by atoms with E-state index < -0.39 is 19.0 Å². The minimum absolute atomic E-state index is 0. The topological polar surface area (TPSA) is 44.5 Å². The van der Waals surface area contributed by atoms with Gasteiger partial charge < -0.3 is 15.2 Å². The highest BCUT2D eigenvalue weighted by Gasteiger charge is 2.43. The quantitative estimate of drug-likeness (QED) is 0.883. The van der Waals surface area contributed by atoms with Gasteiger partial charge in [0, 0.05) is 0 Å². The van der Waals surface area contributed by atoms with E-state index in [4.69, 9.17) is 5.73 Å². The normalized spacial score (nSPS) is 17.8. The Morgan fingerprint density at radius 3 is 2.50 bits per heavy atom. The van der Waals surface area contributed by atoms with Gasteiger partial charge >= 0.3 is 6.29 Å². The van der Waals surface area contributed by atoms with Gasteiger partial charge in [-0.1, -0.05) is 6.07 Å². The number of hydrogen-bond acceptors (Lipinski definition) is 3. The Morgan fingerprint density at radius 1 is 1.25 bits per heavy atom. The largest absolute Gasteiger partial charge is 0.586 e. The Labute approximate surface area is 95.7 Å². The molecule has 2 N–H and O–H groups in total. The van der Waals surface area contributed by atoms with Crippen molar-refractivity contribution >= 4 is 12.4 Å². The molecule has 0 spiro atoms. The summed E-state index contributed by atoms with van der Waals surface area (Å²) in [6.45, 7) is -0.768. The van der Waals surface area contributed by atoms with E-state index in [1.165, 1.54) is 18.2 Å². The van der Waals surface area contributed by atoms with Crippen LogP contribution in [0, 0.1) is 0 Å². The third-order valence-corrected chi connectivity index (χ3v) is 2.02. The zero-order valence-electron chi connectivity index (χ0n) is 7.95. The van der Waals surface area contributed by atoms with Crippen molar-refractivity contribution in [3.8, 4) is 11.5 Å². The van der Waals surface area contributed by atoms with Gasteiger partial charge in [-0.05, 0) is 17.7 Å². The average molecular weight is 256 g/mol. The summed E-state index contributed by atoms with van der Waals surface area (Å²) in [5.41, 5.74) is 5.78. The number of halogens is 4. The summed E-state index contributed by atoms with van der Waals surface area (Å²) in [5.74, 6) is -0.198. The molecule has 0 saturated carbocycles. The summed E-state index contributed by atoms with van der Waals surface area (Å²) in [6.07, 6.45) is -3.65. The molecular weight excluding hydrogens is 247 g/mol. The first-order valence-corrected chi connectivity index (χ1v) is 4.23. The SMILES string of the molecule is Cl.N[C@@H](CF)c1ccc2c(c1)OC(F)(F)O2. The van der Waals surface area contributed by atoms with E-state index in [-0.39, 0.29) is 23.9 Å². The highest BCUT2D eigenvalue weighted by molar-refractivity contribution is 5.85. The van der Waals surface area contributed by atoms with Crippen LogP contribution in [0.15, 0.2) is 18.2 Å². The Hall–Kier alpha value is -1.14. The third-order valence-electron chi connectivity index (χ3n) is 2.02. The molecule has 1 aromatic rings. The van der Waals surface area contributed by atoms with Crippen molar-refractivity contribution in [1.29, 1.82) is 0 Å². The summed E-state index contributed by atoms with van der Waals surface area (Å²) in [5, 5.41) is 0. The fraction of sp³-hybridized carbons (Fsp3) is 0.333. The van der Waals surface area contributed by atoms with Crippen LogP contribution >= 0.6 is 12.4 Å². The van der Waals surface area contributed by atoms with E-state index in [0.717, 1.165) is 0 Å². The minimum Gasteiger partial charge on any atom is -0.395 e. The van der Waals surface area contributed by atoms with Crippen molar-refractivity contribution in [2.45, 2.75) is 12.3 Å². The summed E-state index contributed by atoms with van der Waals surface area (Å²) < 4.78 is 45.8. The fourth-order valence-electron chi connectivity index (χ4n) is 1.29. The first kappa shape index (κ1) is 12.9. The van der Waals surface area contributed by atoms with Crippen molar-refractivity contribution in [2.24, 2.45) is 5.73 Å². The van der Waals surface area contributed by atoms with E-state index in [1.54, 1.807) is 0 Å². The predicted molar refractivity (Wildman–Crippen MR) is 52.8 cm³/mol. The second-order valence-electron chi connectivity index (χ2n) is 3.13. The summed E-state index contributed by atoms with van der Waals surface area (Å²) in [4.78, 5) is 0. The standard InChI is InChI=1S/C9H8F3NO2.ClH/c10-4-6(13)5-1-2-7-8(3-5)15-9(11,12)14-7;/h1-3,6H,4,13H2;1H/t6-;/m0./s1. The lowest BCUT2D eigenvalue weighted by Gasteiger charge is -2.07. The van der Waals surface area contributed by atoms with Gasteiger partial charge in [0.2, 0.25) is 0 Å². The van der Waals surface area contributed by atoms with Crippen molar-refractivity contribution < 1.29 is 22.6 Å². The second-order valence-corrected chi connectivity index (χ2v) is 3.13. The van der Waals surface area contributed by atoms with Crippen LogP contribution in [0.25, 0.3) is 0 Å². The van der Waals surface area contributed by atoms with Gasteiger partial charge in [0.05, 0.1) is 6.04 Å². The predicted octanol–water partition coefficient (Wildman–Crippen LogP) is 2.40. The van der Waals surface area contributed by atoms with E-state index in [2.05, 4.69) is 9.47 Å². The first-order chi connectivity index (χ1) is 7.02. The number of nitrogens with two attached hydrogens (primary N) is 1. The smallest absolute Gasteiger partial charge is 0.395 e. The molecule has 90 valence electrons. The Bertz CT molecular complexity index is 389. The van der Waals surface area contributed by atoms with Gasteiger partial charge in [-0.2, -0.15) is 0 Å². The van der Waals surface area contributed by atoms with Crippen LogP contribution in [0.3, 0.4) is 0 Å². The molecule has 0 fully saturated rings. The Morgan fingerprint density at radius 2 is 1.88 bits per heavy atom. The lowest BCUT2D eigenvalue weighted by Crippen LogP contribution is -2.25. The van der Waals surface area contributed by atoms with Crippen LogP contribution in [-0.2, 0) is 0 Å². The molecule has 16 heavy (non-hydrogen) atoms. The molecule has 1 aromatic carbocycles. The zero-order valence-corrected chi connectivity index (χ0v) is 8.77. The number of fused-ring (bicyclic) bond motifs is 1. The summed E-state index contributed by atoms with van der Waals surface area (Å²) in [7, 11) is 0. The number of alkyl halides is 3. The molecule has 1 heterocycles. The van der Waals surface area contributed by atoms with Gasteiger partial charge in [-0.15, -0.1) is 21.2 Å². The first-order valence-electron chi connectivity index (χ1n) is 4.23. The van der Waals surface area contributed by atoms with Crippen LogP contribution < -0.4 is 15.2 Å². The monoisotopic (exact) mass is 255 g/mol. The van der Waals surface area contributed by atoms with Crippen molar-refractivity contribution in [1.82, 2.24) is 0 Å². The van der Waals surface area contributed by atoms with E-state index in [1.807, 2.05) is 0 Å². The fourth-order valence-corrected chi connectivity index (χ4v) is 1.29. The lowest BCUT2D eigenvalue weighted by atomic mass is 10.1. The van der Waals surface area contributed by atoms with Crippen molar-refractivity contribution in [2.75, 3.05) is 6.67 Å². The van der Waals surface area contributed by atoms with Gasteiger partial charge in [0.25, 0.3) is 0 Å². The van der Waals surface area contributed by atoms with Gasteiger partial charge in [0.1, 0.15) is 6.67 Å². The molecule has 0 saturated heterocycles. The molecule has 0 radical (unpaired) electrons. The molecule has 0 aliphatic carbocycles. The minimum atomic E-state index is -3.65. The highest BCUT2D eigenvalue weighted by atomic mass is 35.5. The van der Waals surface area contributed by atoms with Gasteiger partial charge in [0.15, 0.2) is 11.5 Å². The molecule has 2 rings (SSSR count). The maximum Gasteiger partial charge on any atom is 0.586 e. The molecule has 1 aliphatic rings. The van der Waals surface area contributed by atoms with E-state index in [9.17, 15) is 13.2 Å². The maximum absolute atomic E-state index is 12.6. The van der Waals surface area contributed by atoms with Crippen LogP contribution in [0.5, 0.6) is 11.5 Å². The molecule has 0 aromatic heterocycles.